The Morgan fingerprint density at radius 1 is 1.28 bits per heavy atom. The third kappa shape index (κ3) is 3.20. The Morgan fingerprint density at radius 3 is 2.78 bits per heavy atom. The van der Waals surface area contributed by atoms with Crippen molar-refractivity contribution < 1.29 is 4.74 Å². The summed E-state index contributed by atoms with van der Waals surface area (Å²) in [5.74, 6) is 2.80. The van der Waals surface area contributed by atoms with E-state index in [1.54, 1.807) is 6.07 Å². The van der Waals surface area contributed by atoms with Gasteiger partial charge in [-0.2, -0.15) is 4.98 Å². The lowest BCUT2D eigenvalue weighted by Crippen LogP contribution is -2.00. The van der Waals surface area contributed by atoms with Gasteiger partial charge in [0.25, 0.3) is 0 Å². The molecule has 0 amide bonds. The summed E-state index contributed by atoms with van der Waals surface area (Å²) in [4.78, 5) is 8.65. The average molecular weight is 308 g/mol. The first-order valence-electron chi connectivity index (χ1n) is 5.70. The molecule has 0 saturated heterocycles. The molecule has 0 saturated carbocycles. The summed E-state index contributed by atoms with van der Waals surface area (Å²) in [6, 6.07) is 9.42. The molecule has 0 spiro atoms. The highest BCUT2D eigenvalue weighted by atomic mass is 79.9. The van der Waals surface area contributed by atoms with Crippen molar-refractivity contribution in [2.75, 3.05) is 12.4 Å². The van der Waals surface area contributed by atoms with Crippen molar-refractivity contribution in [2.24, 2.45) is 0 Å². The molecule has 5 heteroatoms. The summed E-state index contributed by atoms with van der Waals surface area (Å²) in [5.41, 5.74) is 0. The van der Waals surface area contributed by atoms with Crippen molar-refractivity contribution >= 4 is 21.7 Å². The number of rotatable bonds is 4. The Kier molecular flexibility index (Phi) is 4.15. The van der Waals surface area contributed by atoms with Gasteiger partial charge in [0, 0.05) is 24.0 Å². The molecule has 0 atom stereocenters. The van der Waals surface area contributed by atoms with Gasteiger partial charge in [0.05, 0.1) is 0 Å². The molecule has 4 nitrogen and oxygen atoms in total. The summed E-state index contributed by atoms with van der Waals surface area (Å²) in [6.45, 7) is 2.01. The van der Waals surface area contributed by atoms with E-state index in [-0.39, 0.29) is 0 Å². The van der Waals surface area contributed by atoms with E-state index in [1.807, 2.05) is 38.2 Å². The lowest BCUT2D eigenvalue weighted by molar-refractivity contribution is 0.459. The molecule has 0 aliphatic carbocycles. The molecule has 18 heavy (non-hydrogen) atoms. The molecule has 1 aromatic heterocycles. The standard InChI is InChI=1S/C13H14BrN3O/c1-3-11-16-12(15-2)8-13(17-11)18-10-6-4-5-9(14)7-10/h4-8H,3H2,1-2H3,(H,15,16,17). The smallest absolute Gasteiger partial charge is 0.224 e. The molecule has 0 aliphatic heterocycles. The molecular weight excluding hydrogens is 294 g/mol. The molecule has 0 unspecified atom stereocenters. The molecular formula is C13H14BrN3O. The van der Waals surface area contributed by atoms with Gasteiger partial charge >= 0.3 is 0 Å². The van der Waals surface area contributed by atoms with Crippen LogP contribution in [0.1, 0.15) is 12.7 Å². The van der Waals surface area contributed by atoms with E-state index in [4.69, 9.17) is 4.74 Å². The molecule has 0 fully saturated rings. The molecule has 1 N–H and O–H groups in total. The summed E-state index contributed by atoms with van der Waals surface area (Å²) in [7, 11) is 1.82. The normalized spacial score (nSPS) is 10.2. The number of ether oxygens (including phenoxy) is 1. The van der Waals surface area contributed by atoms with Gasteiger partial charge in [0.2, 0.25) is 5.88 Å². The zero-order valence-corrected chi connectivity index (χ0v) is 11.9. The van der Waals surface area contributed by atoms with E-state index in [2.05, 4.69) is 31.2 Å². The summed E-state index contributed by atoms with van der Waals surface area (Å²) in [5, 5.41) is 3.00. The second-order valence-electron chi connectivity index (χ2n) is 3.67. The fourth-order valence-electron chi connectivity index (χ4n) is 1.46. The minimum absolute atomic E-state index is 0.546. The first-order valence-corrected chi connectivity index (χ1v) is 6.49. The number of hydrogen-bond acceptors (Lipinski definition) is 4. The number of benzene rings is 1. The minimum atomic E-state index is 0.546. The Labute approximate surface area is 115 Å². The van der Waals surface area contributed by atoms with Gasteiger partial charge in [-0.25, -0.2) is 4.98 Å². The third-order valence-corrected chi connectivity index (χ3v) is 2.83. The van der Waals surface area contributed by atoms with E-state index < -0.39 is 0 Å². The highest BCUT2D eigenvalue weighted by molar-refractivity contribution is 9.10. The molecule has 0 bridgehead atoms. The zero-order valence-electron chi connectivity index (χ0n) is 10.3. The molecule has 1 aromatic carbocycles. The number of halogens is 1. The number of nitrogens with one attached hydrogen (secondary N) is 1. The van der Waals surface area contributed by atoms with Crippen LogP contribution >= 0.6 is 15.9 Å². The molecule has 94 valence electrons. The van der Waals surface area contributed by atoms with Gasteiger partial charge < -0.3 is 10.1 Å². The van der Waals surface area contributed by atoms with Crippen LogP contribution < -0.4 is 10.1 Å². The Bertz CT molecular complexity index is 523. The van der Waals surface area contributed by atoms with E-state index >= 15 is 0 Å². The maximum atomic E-state index is 5.72. The van der Waals surface area contributed by atoms with Gasteiger partial charge in [-0.15, -0.1) is 0 Å². The third-order valence-electron chi connectivity index (χ3n) is 2.34. The van der Waals surface area contributed by atoms with Crippen LogP contribution in [0.5, 0.6) is 11.6 Å². The lowest BCUT2D eigenvalue weighted by Gasteiger charge is -2.08. The fourth-order valence-corrected chi connectivity index (χ4v) is 1.84. The quantitative estimate of drug-likeness (QED) is 0.937. The van der Waals surface area contributed by atoms with Crippen LogP contribution in [0, 0.1) is 0 Å². The monoisotopic (exact) mass is 307 g/mol. The number of anilines is 1. The Morgan fingerprint density at radius 2 is 2.11 bits per heavy atom. The van der Waals surface area contributed by atoms with E-state index in [0.717, 1.165) is 28.3 Å². The van der Waals surface area contributed by atoms with E-state index in [1.165, 1.54) is 0 Å². The van der Waals surface area contributed by atoms with E-state index in [9.17, 15) is 0 Å². The topological polar surface area (TPSA) is 47.0 Å². The molecule has 0 aliphatic rings. The van der Waals surface area contributed by atoms with Crippen LogP contribution in [0.3, 0.4) is 0 Å². The van der Waals surface area contributed by atoms with Crippen molar-refractivity contribution in [3.63, 3.8) is 0 Å². The summed E-state index contributed by atoms with van der Waals surface area (Å²) in [6.07, 6.45) is 0.768. The van der Waals surface area contributed by atoms with Crippen molar-refractivity contribution in [1.29, 1.82) is 0 Å². The maximum Gasteiger partial charge on any atom is 0.224 e. The zero-order chi connectivity index (χ0) is 13.0. The van der Waals surface area contributed by atoms with E-state index in [0.29, 0.717) is 5.88 Å². The minimum Gasteiger partial charge on any atom is -0.439 e. The second-order valence-corrected chi connectivity index (χ2v) is 4.59. The first kappa shape index (κ1) is 12.8. The second kappa shape index (κ2) is 5.82. The predicted molar refractivity (Wildman–Crippen MR) is 75.2 cm³/mol. The predicted octanol–water partition coefficient (Wildman–Crippen LogP) is 3.64. The van der Waals surface area contributed by atoms with Gasteiger partial charge in [-0.1, -0.05) is 28.9 Å². The Hall–Kier alpha value is -1.62. The van der Waals surface area contributed by atoms with Crippen LogP contribution in [-0.2, 0) is 6.42 Å². The first-order chi connectivity index (χ1) is 8.71. The molecule has 0 radical (unpaired) electrons. The maximum absolute atomic E-state index is 5.72. The van der Waals surface area contributed by atoms with Crippen LogP contribution in [0.2, 0.25) is 0 Å². The fraction of sp³-hybridized carbons (Fsp3) is 0.231. The summed E-state index contributed by atoms with van der Waals surface area (Å²) < 4.78 is 6.69. The van der Waals surface area contributed by atoms with Crippen LogP contribution in [0.25, 0.3) is 0 Å². The molecule has 1 heterocycles. The highest BCUT2D eigenvalue weighted by Crippen LogP contribution is 2.24. The van der Waals surface area contributed by atoms with Crippen molar-refractivity contribution in [3.8, 4) is 11.6 Å². The SMILES string of the molecule is CCc1nc(NC)cc(Oc2cccc(Br)c2)n1. The van der Waals surface area contributed by atoms with Crippen molar-refractivity contribution in [3.05, 3.63) is 40.6 Å². The Balaban J connectivity index is 2.28. The number of hydrogen-bond donors (Lipinski definition) is 1. The van der Waals surface area contributed by atoms with Gasteiger partial charge in [-0.3, -0.25) is 0 Å². The average Bonchev–Trinajstić information content (AvgIpc) is 2.38. The van der Waals surface area contributed by atoms with Crippen LogP contribution in [-0.4, -0.2) is 17.0 Å². The van der Waals surface area contributed by atoms with Crippen molar-refractivity contribution in [2.45, 2.75) is 13.3 Å². The molecule has 2 aromatic rings. The van der Waals surface area contributed by atoms with Gasteiger partial charge in [0.1, 0.15) is 17.4 Å². The van der Waals surface area contributed by atoms with Crippen LogP contribution in [0.4, 0.5) is 5.82 Å². The van der Waals surface area contributed by atoms with Crippen molar-refractivity contribution in [1.82, 2.24) is 9.97 Å². The highest BCUT2D eigenvalue weighted by Gasteiger charge is 2.05. The largest absolute Gasteiger partial charge is 0.439 e. The molecule has 2 rings (SSSR count). The van der Waals surface area contributed by atoms with Crippen LogP contribution in [0.15, 0.2) is 34.8 Å². The van der Waals surface area contributed by atoms with Gasteiger partial charge in [0.15, 0.2) is 0 Å². The lowest BCUT2D eigenvalue weighted by atomic mass is 10.3. The van der Waals surface area contributed by atoms with Gasteiger partial charge in [-0.05, 0) is 18.2 Å². The summed E-state index contributed by atoms with van der Waals surface area (Å²) >= 11 is 3.41. The number of aromatic nitrogens is 2. The number of aryl methyl sites for hydroxylation is 1. The number of nitrogens with zero attached hydrogens (tertiary/aromatic N) is 2.